The van der Waals surface area contributed by atoms with Crippen molar-refractivity contribution in [3.8, 4) is 45.6 Å². The number of nitrogens with zero attached hydrogens (tertiary/aromatic N) is 2. The molecule has 0 atom stereocenters. The fourth-order valence-electron chi connectivity index (χ4n) is 4.21. The number of ether oxygens (including phenoxy) is 2. The first kappa shape index (κ1) is 21.8. The van der Waals surface area contributed by atoms with Crippen LogP contribution in [0.15, 0.2) is 79.0 Å². The standard InChI is InChI=1S/C28H25BN2O4/c1-27(2)28(3,4)35-29(34-27)20-17-25-24(32-22-12-8-9-13-23(22)33-25)16-19(20)21-14-15-30-26(31-21)18-10-6-5-7-11-18/h5-17H,1-4H3. The van der Waals surface area contributed by atoms with Crippen LogP contribution in [0.2, 0.25) is 0 Å². The fourth-order valence-corrected chi connectivity index (χ4v) is 4.21. The Kier molecular flexibility index (Phi) is 4.95. The number of benzene rings is 3. The molecule has 3 heterocycles. The number of aromatic nitrogens is 2. The maximum absolute atomic E-state index is 6.43. The fraction of sp³-hybridized carbons (Fsp3) is 0.214. The molecule has 7 heteroatoms. The Bertz CT molecular complexity index is 1410. The molecule has 35 heavy (non-hydrogen) atoms. The molecule has 0 aliphatic carbocycles. The second-order valence-corrected chi connectivity index (χ2v) is 9.76. The van der Waals surface area contributed by atoms with Gasteiger partial charge in [-0.2, -0.15) is 0 Å². The highest BCUT2D eigenvalue weighted by molar-refractivity contribution is 6.64. The summed E-state index contributed by atoms with van der Waals surface area (Å²) in [6.07, 6.45) is 1.77. The molecule has 3 aromatic carbocycles. The summed E-state index contributed by atoms with van der Waals surface area (Å²) in [5.41, 5.74) is 2.37. The SMILES string of the molecule is CC1(C)OB(c2cc3c(cc2-c2ccnc(-c4ccccc4)n2)Oc2ccccc2O3)OC1(C)C. The van der Waals surface area contributed by atoms with E-state index >= 15 is 0 Å². The first-order valence-electron chi connectivity index (χ1n) is 11.7. The van der Waals surface area contributed by atoms with Gasteiger partial charge in [0.1, 0.15) is 0 Å². The quantitative estimate of drug-likeness (QED) is 0.305. The van der Waals surface area contributed by atoms with E-state index in [-0.39, 0.29) is 0 Å². The summed E-state index contributed by atoms with van der Waals surface area (Å²) in [5.74, 6) is 3.19. The summed E-state index contributed by atoms with van der Waals surface area (Å²) in [6, 6.07) is 23.3. The Morgan fingerprint density at radius 1 is 0.686 bits per heavy atom. The van der Waals surface area contributed by atoms with Crippen molar-refractivity contribution in [1.82, 2.24) is 9.97 Å². The topological polar surface area (TPSA) is 62.7 Å². The van der Waals surface area contributed by atoms with Crippen molar-refractivity contribution in [2.45, 2.75) is 38.9 Å². The second-order valence-electron chi connectivity index (χ2n) is 9.76. The van der Waals surface area contributed by atoms with Crippen LogP contribution < -0.4 is 14.9 Å². The molecule has 0 N–H and O–H groups in total. The lowest BCUT2D eigenvalue weighted by Gasteiger charge is -2.32. The molecule has 0 saturated carbocycles. The van der Waals surface area contributed by atoms with Gasteiger partial charge in [0.05, 0.1) is 16.9 Å². The molecule has 1 aromatic heterocycles. The zero-order chi connectivity index (χ0) is 24.2. The Morgan fingerprint density at radius 3 is 1.94 bits per heavy atom. The van der Waals surface area contributed by atoms with E-state index in [9.17, 15) is 0 Å². The summed E-state index contributed by atoms with van der Waals surface area (Å²) < 4.78 is 25.3. The van der Waals surface area contributed by atoms with Crippen LogP contribution in [0.5, 0.6) is 23.0 Å². The van der Waals surface area contributed by atoms with Crippen LogP contribution in [0.4, 0.5) is 0 Å². The predicted molar refractivity (Wildman–Crippen MR) is 135 cm³/mol. The van der Waals surface area contributed by atoms with Crippen LogP contribution in [0, 0.1) is 0 Å². The summed E-state index contributed by atoms with van der Waals surface area (Å²) in [6.45, 7) is 8.16. The van der Waals surface area contributed by atoms with E-state index in [2.05, 4.69) is 4.98 Å². The molecule has 174 valence electrons. The Morgan fingerprint density at radius 2 is 1.29 bits per heavy atom. The molecule has 6 rings (SSSR count). The van der Waals surface area contributed by atoms with Crippen molar-refractivity contribution in [2.75, 3.05) is 0 Å². The third kappa shape index (κ3) is 3.77. The van der Waals surface area contributed by atoms with E-state index in [4.69, 9.17) is 23.8 Å². The van der Waals surface area contributed by atoms with Crippen LogP contribution in [-0.2, 0) is 9.31 Å². The third-order valence-corrected chi connectivity index (χ3v) is 6.88. The van der Waals surface area contributed by atoms with Crippen LogP contribution in [0.1, 0.15) is 27.7 Å². The number of fused-ring (bicyclic) bond motifs is 2. The molecule has 2 aliphatic heterocycles. The molecule has 0 spiro atoms. The van der Waals surface area contributed by atoms with Gasteiger partial charge in [0.15, 0.2) is 28.8 Å². The molecule has 0 amide bonds. The third-order valence-electron chi connectivity index (χ3n) is 6.88. The van der Waals surface area contributed by atoms with E-state index in [1.165, 1.54) is 0 Å². The lowest BCUT2D eigenvalue weighted by Crippen LogP contribution is -2.41. The molecule has 0 radical (unpaired) electrons. The number of hydrogen-bond donors (Lipinski definition) is 0. The van der Waals surface area contributed by atoms with E-state index in [0.29, 0.717) is 28.8 Å². The van der Waals surface area contributed by atoms with E-state index in [1.54, 1.807) is 6.20 Å². The molecule has 6 nitrogen and oxygen atoms in total. The van der Waals surface area contributed by atoms with Crippen LogP contribution >= 0.6 is 0 Å². The summed E-state index contributed by atoms with van der Waals surface area (Å²) in [5, 5.41) is 0. The number of hydrogen-bond acceptors (Lipinski definition) is 6. The highest BCUT2D eigenvalue weighted by Crippen LogP contribution is 2.46. The molecule has 0 bridgehead atoms. The van der Waals surface area contributed by atoms with Crippen molar-refractivity contribution >= 4 is 12.6 Å². The van der Waals surface area contributed by atoms with Crippen molar-refractivity contribution in [3.63, 3.8) is 0 Å². The van der Waals surface area contributed by atoms with Crippen molar-refractivity contribution < 1.29 is 18.8 Å². The van der Waals surface area contributed by atoms with Gasteiger partial charge in [-0.15, -0.1) is 0 Å². The molecule has 2 aliphatic rings. The number of para-hydroxylation sites is 2. The van der Waals surface area contributed by atoms with Gasteiger partial charge in [0.25, 0.3) is 0 Å². The zero-order valence-electron chi connectivity index (χ0n) is 20.1. The van der Waals surface area contributed by atoms with E-state index in [1.807, 2.05) is 100 Å². The highest BCUT2D eigenvalue weighted by Gasteiger charge is 2.52. The van der Waals surface area contributed by atoms with E-state index < -0.39 is 18.3 Å². The highest BCUT2D eigenvalue weighted by atomic mass is 16.7. The van der Waals surface area contributed by atoms with Crippen LogP contribution in [-0.4, -0.2) is 28.3 Å². The maximum Gasteiger partial charge on any atom is 0.495 e. The van der Waals surface area contributed by atoms with E-state index in [0.717, 1.165) is 22.3 Å². The van der Waals surface area contributed by atoms with Gasteiger partial charge in [-0.25, -0.2) is 9.97 Å². The maximum atomic E-state index is 6.43. The zero-order valence-corrected chi connectivity index (χ0v) is 20.1. The first-order chi connectivity index (χ1) is 16.8. The molecule has 4 aromatic rings. The van der Waals surface area contributed by atoms with Gasteiger partial charge in [-0.05, 0) is 63.5 Å². The molecule has 1 fully saturated rings. The number of rotatable bonds is 3. The minimum atomic E-state index is -0.601. The minimum Gasteiger partial charge on any atom is -0.450 e. The van der Waals surface area contributed by atoms with Gasteiger partial charge >= 0.3 is 7.12 Å². The second kappa shape index (κ2) is 7.94. The van der Waals surface area contributed by atoms with Gasteiger partial charge in [0, 0.05) is 17.3 Å². The molecule has 1 saturated heterocycles. The Hall–Kier alpha value is -3.68. The van der Waals surface area contributed by atoms with Gasteiger partial charge < -0.3 is 18.8 Å². The van der Waals surface area contributed by atoms with Gasteiger partial charge in [0.2, 0.25) is 0 Å². The van der Waals surface area contributed by atoms with Crippen LogP contribution in [0.3, 0.4) is 0 Å². The largest absolute Gasteiger partial charge is 0.495 e. The molecule has 0 unspecified atom stereocenters. The normalized spacial score (nSPS) is 17.2. The Labute approximate surface area is 205 Å². The van der Waals surface area contributed by atoms with Crippen molar-refractivity contribution in [1.29, 1.82) is 0 Å². The predicted octanol–water partition coefficient (Wildman–Crippen LogP) is 6.01. The monoisotopic (exact) mass is 464 g/mol. The lowest BCUT2D eigenvalue weighted by atomic mass is 9.75. The molecular formula is C28H25BN2O4. The summed E-state index contributed by atoms with van der Waals surface area (Å²) in [4.78, 5) is 9.39. The van der Waals surface area contributed by atoms with Crippen molar-refractivity contribution in [2.24, 2.45) is 0 Å². The average Bonchev–Trinajstić information content (AvgIpc) is 3.09. The summed E-state index contributed by atoms with van der Waals surface area (Å²) >= 11 is 0. The smallest absolute Gasteiger partial charge is 0.450 e. The lowest BCUT2D eigenvalue weighted by molar-refractivity contribution is 0.00578. The van der Waals surface area contributed by atoms with Crippen LogP contribution in [0.25, 0.3) is 22.6 Å². The average molecular weight is 464 g/mol. The Balaban J connectivity index is 1.50. The summed E-state index contributed by atoms with van der Waals surface area (Å²) in [7, 11) is -0.601. The van der Waals surface area contributed by atoms with Gasteiger partial charge in [-0.1, -0.05) is 42.5 Å². The van der Waals surface area contributed by atoms with Gasteiger partial charge in [-0.3, -0.25) is 0 Å². The minimum absolute atomic E-state index is 0.490. The van der Waals surface area contributed by atoms with Crippen molar-refractivity contribution in [3.05, 3.63) is 79.0 Å². The first-order valence-corrected chi connectivity index (χ1v) is 11.7. The molecular weight excluding hydrogens is 439 g/mol.